The predicted molar refractivity (Wildman–Crippen MR) is 276 cm³/mol. The van der Waals surface area contributed by atoms with Crippen LogP contribution < -0.4 is 0 Å². The summed E-state index contributed by atoms with van der Waals surface area (Å²) in [5.74, 6) is 0. The van der Waals surface area contributed by atoms with E-state index in [1.54, 1.807) is 7.11 Å². The Morgan fingerprint density at radius 1 is 0.288 bits per heavy atom. The lowest BCUT2D eigenvalue weighted by Gasteiger charge is -2.50. The van der Waals surface area contributed by atoms with Crippen LogP contribution in [-0.4, -0.2) is 81.7 Å². The molecule has 7 aromatic rings. The molecule has 2 aliphatic heterocycles. The van der Waals surface area contributed by atoms with Crippen LogP contribution in [0.2, 0.25) is 0 Å². The van der Waals surface area contributed by atoms with Gasteiger partial charge in [0, 0.05) is 7.11 Å². The minimum atomic E-state index is -1.09. The lowest BCUT2D eigenvalue weighted by molar-refractivity contribution is -0.376. The Labute approximate surface area is 429 Å². The molecule has 2 heterocycles. The number of ether oxygens (including phenoxy) is 11. The molecule has 0 radical (unpaired) electrons. The third-order valence-corrected chi connectivity index (χ3v) is 12.9. The molecule has 2 fully saturated rings. The van der Waals surface area contributed by atoms with Gasteiger partial charge in [-0.05, 0) is 38.9 Å². The van der Waals surface area contributed by atoms with Crippen molar-refractivity contribution in [2.75, 3.05) is 20.3 Å². The Bertz CT molecular complexity index is 2560. The fraction of sp³-hybridized carbons (Fsp3) is 0.323. The van der Waals surface area contributed by atoms with Crippen molar-refractivity contribution in [1.29, 1.82) is 0 Å². The van der Waals surface area contributed by atoms with Crippen LogP contribution in [0.1, 0.15) is 38.9 Å². The van der Waals surface area contributed by atoms with Gasteiger partial charge in [0.05, 0.1) is 59.5 Å². The predicted octanol–water partition coefficient (Wildman–Crippen LogP) is 10.8. The number of methoxy groups -OCH3 is 1. The Kier molecular flexibility index (Phi) is 19.9. The fourth-order valence-corrected chi connectivity index (χ4v) is 9.14. The van der Waals surface area contributed by atoms with Crippen molar-refractivity contribution < 1.29 is 52.1 Å². The molecule has 0 saturated carbocycles. The summed E-state index contributed by atoms with van der Waals surface area (Å²) < 4.78 is 75.9. The van der Waals surface area contributed by atoms with Crippen molar-refractivity contribution in [3.05, 3.63) is 251 Å². The summed E-state index contributed by atoms with van der Waals surface area (Å²) >= 11 is 0. The first-order valence-corrected chi connectivity index (χ1v) is 25.2. The molecule has 7 aromatic carbocycles. The van der Waals surface area contributed by atoms with Gasteiger partial charge in [-0.1, -0.05) is 212 Å². The van der Waals surface area contributed by atoms with E-state index in [-0.39, 0.29) is 46.2 Å². The van der Waals surface area contributed by atoms with E-state index >= 15 is 0 Å². The summed E-state index contributed by atoms with van der Waals surface area (Å²) in [7, 11) is 1.61. The highest BCUT2D eigenvalue weighted by Crippen LogP contribution is 2.37. The fourth-order valence-electron chi connectivity index (χ4n) is 9.14. The van der Waals surface area contributed by atoms with Gasteiger partial charge in [-0.2, -0.15) is 0 Å². The normalized spacial score (nSPS) is 24.0. The van der Waals surface area contributed by atoms with Gasteiger partial charge in [-0.15, -0.1) is 0 Å². The molecule has 2 aliphatic rings. The van der Waals surface area contributed by atoms with E-state index in [9.17, 15) is 0 Å². The summed E-state index contributed by atoms with van der Waals surface area (Å²) in [5, 5.41) is 0. The van der Waals surface area contributed by atoms with Crippen molar-refractivity contribution in [2.24, 2.45) is 0 Å². The Morgan fingerprint density at radius 2 is 0.548 bits per heavy atom. The van der Waals surface area contributed by atoms with Crippen molar-refractivity contribution in [3.8, 4) is 0 Å². The van der Waals surface area contributed by atoms with E-state index in [0.29, 0.717) is 13.2 Å². The average Bonchev–Trinajstić information content (AvgIpc) is 3.45. The highest BCUT2D eigenvalue weighted by atomic mass is 16.8. The number of hydrogen-bond acceptors (Lipinski definition) is 11. The first-order valence-electron chi connectivity index (χ1n) is 25.2. The quantitative estimate of drug-likeness (QED) is 0.0518. The van der Waals surface area contributed by atoms with Gasteiger partial charge >= 0.3 is 0 Å². The van der Waals surface area contributed by atoms with E-state index in [0.717, 1.165) is 38.9 Å². The summed E-state index contributed by atoms with van der Waals surface area (Å²) in [6.07, 6.45) is -8.10. The highest BCUT2D eigenvalue weighted by Gasteiger charge is 2.54. The molecule has 0 aromatic heterocycles. The largest absolute Gasteiger partial charge is 0.374 e. The van der Waals surface area contributed by atoms with Gasteiger partial charge in [-0.25, -0.2) is 0 Å². The van der Waals surface area contributed by atoms with Gasteiger partial charge in [-0.3, -0.25) is 0 Å². The standard InChI is InChI=1S/C62H66O11/c1-63-61-59(69-42-51-33-19-7-20-34-51)58(68-41-50-31-17-6-18-32-50)56(54(71-61)45-65-38-47-25-11-3-12-26-47)73-62-60(70-43-52-35-21-8-22-36-52)57(67-40-49-29-15-5-16-30-49)55(66-39-48-27-13-4-14-28-48)53(72-62)44-64-37-46-23-9-2-10-24-46/h2-36,53-62H,37-45H2,1H3/t53-,54-,55+,56-,57+,58+,59-,60-,61+,62-/m1/s1. The van der Waals surface area contributed by atoms with Crippen LogP contribution in [0.25, 0.3) is 0 Å². The minimum absolute atomic E-state index is 0.124. The van der Waals surface area contributed by atoms with Gasteiger partial charge < -0.3 is 52.1 Å². The van der Waals surface area contributed by atoms with Crippen molar-refractivity contribution in [1.82, 2.24) is 0 Å². The molecule has 11 heteroatoms. The van der Waals surface area contributed by atoms with Gasteiger partial charge in [0.1, 0.15) is 48.8 Å². The zero-order valence-corrected chi connectivity index (χ0v) is 41.3. The summed E-state index contributed by atoms with van der Waals surface area (Å²) in [4.78, 5) is 0. The molecular formula is C62H66O11. The van der Waals surface area contributed by atoms with E-state index in [1.165, 1.54) is 0 Å². The first kappa shape index (κ1) is 52.0. The topological polar surface area (TPSA) is 102 Å². The van der Waals surface area contributed by atoms with Gasteiger partial charge in [0.25, 0.3) is 0 Å². The Morgan fingerprint density at radius 3 is 0.890 bits per heavy atom. The third kappa shape index (κ3) is 15.3. The van der Waals surface area contributed by atoms with Crippen LogP contribution in [-0.2, 0) is 98.4 Å². The van der Waals surface area contributed by atoms with E-state index < -0.39 is 61.4 Å². The molecule has 0 N–H and O–H groups in total. The highest BCUT2D eigenvalue weighted by molar-refractivity contribution is 5.19. The SMILES string of the molecule is CO[C@H]1O[C@H](COCc2ccccc2)[C@@H](O[C@H]2O[C@H](COCc3ccccc3)[C@H](OCc3ccccc3)[C@H](OCc3ccccc3)[C@H]2OCc2ccccc2)[C@H](OCc2ccccc2)[C@H]1OCc1ccccc1. The van der Waals surface area contributed by atoms with Crippen LogP contribution in [0, 0.1) is 0 Å². The summed E-state index contributed by atoms with van der Waals surface area (Å²) in [6, 6.07) is 70.4. The maximum Gasteiger partial charge on any atom is 0.187 e. The van der Waals surface area contributed by atoms with Gasteiger partial charge in [0.2, 0.25) is 0 Å². The molecule has 0 bridgehead atoms. The lowest BCUT2D eigenvalue weighted by atomic mass is 9.95. The average molecular weight is 987 g/mol. The van der Waals surface area contributed by atoms with Crippen LogP contribution in [0.15, 0.2) is 212 Å². The first-order chi connectivity index (χ1) is 36.2. The molecular weight excluding hydrogens is 921 g/mol. The van der Waals surface area contributed by atoms with E-state index in [1.807, 2.05) is 212 Å². The number of hydrogen-bond donors (Lipinski definition) is 0. The molecule has 2 saturated heterocycles. The van der Waals surface area contributed by atoms with Crippen molar-refractivity contribution in [3.63, 3.8) is 0 Å². The molecule has 0 aliphatic carbocycles. The Hall–Kier alpha value is -5.90. The maximum absolute atomic E-state index is 7.51. The second-order valence-electron chi connectivity index (χ2n) is 18.2. The number of benzene rings is 7. The zero-order valence-electron chi connectivity index (χ0n) is 41.3. The van der Waals surface area contributed by atoms with Crippen LogP contribution >= 0.6 is 0 Å². The minimum Gasteiger partial charge on any atom is -0.374 e. The maximum atomic E-state index is 7.51. The molecule has 380 valence electrons. The molecule has 0 amide bonds. The van der Waals surface area contributed by atoms with Crippen LogP contribution in [0.5, 0.6) is 0 Å². The molecule has 0 unspecified atom stereocenters. The lowest BCUT2D eigenvalue weighted by Crippen LogP contribution is -2.66. The zero-order chi connectivity index (χ0) is 49.7. The van der Waals surface area contributed by atoms with Crippen LogP contribution in [0.4, 0.5) is 0 Å². The molecule has 73 heavy (non-hydrogen) atoms. The van der Waals surface area contributed by atoms with Crippen molar-refractivity contribution >= 4 is 0 Å². The monoisotopic (exact) mass is 986 g/mol. The Balaban J connectivity index is 1.11. The second-order valence-corrected chi connectivity index (χ2v) is 18.2. The molecule has 0 spiro atoms. The van der Waals surface area contributed by atoms with E-state index in [4.69, 9.17) is 52.1 Å². The molecule has 9 rings (SSSR count). The smallest absolute Gasteiger partial charge is 0.187 e. The van der Waals surface area contributed by atoms with E-state index in [2.05, 4.69) is 0 Å². The summed E-state index contributed by atoms with van der Waals surface area (Å²) in [6.45, 7) is 2.27. The van der Waals surface area contributed by atoms with Crippen LogP contribution in [0.3, 0.4) is 0 Å². The summed E-state index contributed by atoms with van der Waals surface area (Å²) in [5.41, 5.74) is 6.95. The molecule has 11 nitrogen and oxygen atoms in total. The second kappa shape index (κ2) is 28.0. The number of rotatable bonds is 26. The molecule has 10 atom stereocenters. The van der Waals surface area contributed by atoms with Gasteiger partial charge in [0.15, 0.2) is 12.6 Å². The van der Waals surface area contributed by atoms with Crippen molar-refractivity contribution in [2.45, 2.75) is 108 Å². The third-order valence-electron chi connectivity index (χ3n) is 12.9.